The van der Waals surface area contributed by atoms with Crippen LogP contribution in [0.1, 0.15) is 36.1 Å². The highest BCUT2D eigenvalue weighted by Crippen LogP contribution is 2.36. The van der Waals surface area contributed by atoms with Gasteiger partial charge in [-0.15, -0.1) is 11.8 Å². The Morgan fingerprint density at radius 1 is 1.25 bits per heavy atom. The summed E-state index contributed by atoms with van der Waals surface area (Å²) in [5, 5.41) is 12.9. The van der Waals surface area contributed by atoms with Gasteiger partial charge in [0.1, 0.15) is 11.6 Å². The third-order valence-electron chi connectivity index (χ3n) is 3.96. The van der Waals surface area contributed by atoms with Crippen molar-refractivity contribution >= 4 is 17.7 Å². The van der Waals surface area contributed by atoms with Gasteiger partial charge >= 0.3 is 0 Å². The Morgan fingerprint density at radius 3 is 2.83 bits per heavy atom. The minimum atomic E-state index is -1.08. The van der Waals surface area contributed by atoms with E-state index >= 15 is 0 Å². The zero-order chi connectivity index (χ0) is 17.1. The third-order valence-corrected chi connectivity index (χ3v) is 5.08. The van der Waals surface area contributed by atoms with E-state index in [2.05, 4.69) is 5.32 Å². The van der Waals surface area contributed by atoms with E-state index < -0.39 is 11.9 Å². The minimum absolute atomic E-state index is 0.169. The van der Waals surface area contributed by atoms with Crippen molar-refractivity contribution < 1.29 is 18.7 Å². The van der Waals surface area contributed by atoms with Gasteiger partial charge in [-0.3, -0.25) is 4.79 Å². The van der Waals surface area contributed by atoms with Crippen molar-refractivity contribution in [1.29, 1.82) is 0 Å². The average molecular weight is 349 g/mol. The molecule has 2 unspecified atom stereocenters. The molecule has 2 N–H and O–H groups in total. The van der Waals surface area contributed by atoms with Crippen LogP contribution in [0.4, 0.5) is 8.78 Å². The van der Waals surface area contributed by atoms with E-state index in [-0.39, 0.29) is 24.2 Å². The molecule has 1 amide bonds. The zero-order valence-corrected chi connectivity index (χ0v) is 13.7. The molecule has 2 atom stereocenters. The number of nitrogens with one attached hydrogen (secondary N) is 1. The standard InChI is InChI=1S/C18H17F2NO2S/c19-12-3-1-2-11(8-12)16(22)10-18(23)21-15-6-7-24-17-5-4-13(20)9-14(15)17/h1-5,8-9,15-16,22H,6-7,10H2,(H,21,23). The lowest BCUT2D eigenvalue weighted by molar-refractivity contribution is -0.123. The van der Waals surface area contributed by atoms with Gasteiger partial charge in [-0.1, -0.05) is 12.1 Å². The van der Waals surface area contributed by atoms with Crippen LogP contribution in [0, 0.1) is 11.6 Å². The smallest absolute Gasteiger partial charge is 0.223 e. The lowest BCUT2D eigenvalue weighted by Crippen LogP contribution is -2.31. The highest BCUT2D eigenvalue weighted by molar-refractivity contribution is 7.99. The van der Waals surface area contributed by atoms with Gasteiger partial charge in [-0.05, 0) is 47.9 Å². The molecule has 1 aliphatic rings. The summed E-state index contributed by atoms with van der Waals surface area (Å²) in [5.41, 5.74) is 1.12. The molecular formula is C18H17F2NO2S. The SMILES string of the molecule is O=C(CC(O)c1cccc(F)c1)NC1CCSc2ccc(F)cc21. The van der Waals surface area contributed by atoms with Gasteiger partial charge in [0.25, 0.3) is 0 Å². The van der Waals surface area contributed by atoms with Crippen molar-refractivity contribution in [2.75, 3.05) is 5.75 Å². The summed E-state index contributed by atoms with van der Waals surface area (Å²) in [6.45, 7) is 0. The Balaban J connectivity index is 1.67. The summed E-state index contributed by atoms with van der Waals surface area (Å²) in [7, 11) is 0. The summed E-state index contributed by atoms with van der Waals surface area (Å²) in [6.07, 6.45) is -0.550. The van der Waals surface area contributed by atoms with Crippen LogP contribution in [0.2, 0.25) is 0 Å². The monoisotopic (exact) mass is 349 g/mol. The highest BCUT2D eigenvalue weighted by Gasteiger charge is 2.24. The molecule has 0 spiro atoms. The minimum Gasteiger partial charge on any atom is -0.388 e. The van der Waals surface area contributed by atoms with Crippen LogP contribution in [-0.2, 0) is 4.79 Å². The molecule has 3 nitrogen and oxygen atoms in total. The third kappa shape index (κ3) is 3.94. The molecule has 6 heteroatoms. The fourth-order valence-electron chi connectivity index (χ4n) is 2.78. The summed E-state index contributed by atoms with van der Waals surface area (Å²) in [6, 6.07) is 9.84. The Morgan fingerprint density at radius 2 is 2.04 bits per heavy atom. The number of aliphatic hydroxyl groups excluding tert-OH is 1. The predicted octanol–water partition coefficient (Wildman–Crippen LogP) is 3.74. The van der Waals surface area contributed by atoms with E-state index in [1.54, 1.807) is 23.9 Å². The van der Waals surface area contributed by atoms with E-state index in [9.17, 15) is 18.7 Å². The van der Waals surface area contributed by atoms with Gasteiger partial charge < -0.3 is 10.4 Å². The molecule has 1 heterocycles. The fraction of sp³-hybridized carbons (Fsp3) is 0.278. The molecule has 126 valence electrons. The maximum atomic E-state index is 13.5. The first-order valence-electron chi connectivity index (χ1n) is 7.68. The quantitative estimate of drug-likeness (QED) is 0.884. The van der Waals surface area contributed by atoms with Crippen molar-refractivity contribution in [2.24, 2.45) is 0 Å². The van der Waals surface area contributed by atoms with E-state index in [0.717, 1.165) is 16.2 Å². The van der Waals surface area contributed by atoms with E-state index in [4.69, 9.17) is 0 Å². The molecule has 2 aromatic rings. The molecule has 0 bridgehead atoms. The Hall–Kier alpha value is -1.92. The first-order valence-corrected chi connectivity index (χ1v) is 8.66. The summed E-state index contributed by atoms with van der Waals surface area (Å²) in [5.74, 6) is -0.314. The number of hydrogen-bond donors (Lipinski definition) is 2. The highest BCUT2D eigenvalue weighted by atomic mass is 32.2. The molecule has 0 saturated carbocycles. The van der Waals surface area contributed by atoms with Crippen LogP contribution >= 0.6 is 11.8 Å². The Bertz CT molecular complexity index is 754. The second kappa shape index (κ2) is 7.32. The number of fused-ring (bicyclic) bond motifs is 1. The van der Waals surface area contributed by atoms with Gasteiger partial charge in [-0.2, -0.15) is 0 Å². The number of aliphatic hydroxyl groups is 1. The number of hydrogen-bond acceptors (Lipinski definition) is 3. The second-order valence-electron chi connectivity index (χ2n) is 5.71. The predicted molar refractivity (Wildman–Crippen MR) is 88.6 cm³/mol. The van der Waals surface area contributed by atoms with E-state index in [0.29, 0.717) is 12.0 Å². The van der Waals surface area contributed by atoms with Crippen molar-refractivity contribution in [3.63, 3.8) is 0 Å². The van der Waals surface area contributed by atoms with Crippen LogP contribution in [0.15, 0.2) is 47.4 Å². The van der Waals surface area contributed by atoms with Gasteiger partial charge in [0.2, 0.25) is 5.91 Å². The van der Waals surface area contributed by atoms with Crippen molar-refractivity contribution in [3.05, 3.63) is 65.2 Å². The number of rotatable bonds is 4. The lowest BCUT2D eigenvalue weighted by Gasteiger charge is -2.26. The van der Waals surface area contributed by atoms with Crippen molar-refractivity contribution in [3.8, 4) is 0 Å². The van der Waals surface area contributed by atoms with Crippen molar-refractivity contribution in [1.82, 2.24) is 5.32 Å². The molecule has 24 heavy (non-hydrogen) atoms. The van der Waals surface area contributed by atoms with E-state index in [1.807, 2.05) is 0 Å². The molecule has 0 fully saturated rings. The second-order valence-corrected chi connectivity index (χ2v) is 6.85. The number of amides is 1. The molecule has 0 aliphatic carbocycles. The number of thioether (sulfide) groups is 1. The molecule has 0 saturated heterocycles. The van der Waals surface area contributed by atoms with E-state index in [1.165, 1.54) is 30.3 Å². The molecule has 0 aromatic heterocycles. The largest absolute Gasteiger partial charge is 0.388 e. The average Bonchev–Trinajstić information content (AvgIpc) is 2.55. The number of benzene rings is 2. The first-order chi connectivity index (χ1) is 11.5. The number of carbonyl (C=O) groups is 1. The Labute approximate surface area is 143 Å². The maximum absolute atomic E-state index is 13.5. The van der Waals surface area contributed by atoms with Crippen LogP contribution in [-0.4, -0.2) is 16.8 Å². The van der Waals surface area contributed by atoms with Gasteiger partial charge in [0, 0.05) is 10.6 Å². The summed E-state index contributed by atoms with van der Waals surface area (Å²) >= 11 is 1.63. The fourth-order valence-corrected chi connectivity index (χ4v) is 3.88. The van der Waals surface area contributed by atoms with Crippen LogP contribution in [0.25, 0.3) is 0 Å². The van der Waals surface area contributed by atoms with Crippen LogP contribution in [0.5, 0.6) is 0 Å². The summed E-state index contributed by atoms with van der Waals surface area (Å²) in [4.78, 5) is 13.2. The van der Waals surface area contributed by atoms with Crippen LogP contribution < -0.4 is 5.32 Å². The van der Waals surface area contributed by atoms with Gasteiger partial charge in [-0.25, -0.2) is 8.78 Å². The molecule has 3 rings (SSSR count). The number of halogens is 2. The normalized spacial score (nSPS) is 17.9. The summed E-state index contributed by atoms with van der Waals surface area (Å²) < 4.78 is 26.7. The first kappa shape index (κ1) is 16.9. The Kier molecular flexibility index (Phi) is 5.16. The molecular weight excluding hydrogens is 332 g/mol. The van der Waals surface area contributed by atoms with Gasteiger partial charge in [0.15, 0.2) is 0 Å². The maximum Gasteiger partial charge on any atom is 0.223 e. The molecule has 0 radical (unpaired) electrons. The topological polar surface area (TPSA) is 49.3 Å². The lowest BCUT2D eigenvalue weighted by atomic mass is 10.0. The van der Waals surface area contributed by atoms with Crippen molar-refractivity contribution in [2.45, 2.75) is 29.9 Å². The zero-order valence-electron chi connectivity index (χ0n) is 12.8. The molecule has 2 aromatic carbocycles. The van der Waals surface area contributed by atoms with Crippen LogP contribution in [0.3, 0.4) is 0 Å². The molecule has 1 aliphatic heterocycles. The number of carbonyl (C=O) groups excluding carboxylic acids is 1. The van der Waals surface area contributed by atoms with Gasteiger partial charge in [0.05, 0.1) is 18.6 Å².